The van der Waals surface area contributed by atoms with Crippen LogP contribution in [0.3, 0.4) is 0 Å². The number of amides is 1. The first-order valence-electron chi connectivity index (χ1n) is 6.26. The molecular formula is C11H20NO5PS. The van der Waals surface area contributed by atoms with Crippen LogP contribution in [0.4, 0.5) is 0 Å². The van der Waals surface area contributed by atoms with Crippen LogP contribution in [0.25, 0.3) is 0 Å². The first-order chi connectivity index (χ1) is 8.77. The third-order valence-electron chi connectivity index (χ3n) is 3.22. The molecule has 2 N–H and O–H groups in total. The monoisotopic (exact) mass is 309 g/mol. The van der Waals surface area contributed by atoms with Crippen molar-refractivity contribution in [2.24, 2.45) is 5.92 Å². The number of thioether (sulfide) groups is 1. The Morgan fingerprint density at radius 3 is 2.58 bits per heavy atom. The van der Waals surface area contributed by atoms with Crippen molar-refractivity contribution < 1.29 is 23.9 Å². The van der Waals surface area contributed by atoms with Crippen molar-refractivity contribution >= 4 is 30.4 Å². The van der Waals surface area contributed by atoms with Gasteiger partial charge in [-0.1, -0.05) is 18.7 Å². The average Bonchev–Trinajstić information content (AvgIpc) is 2.77. The minimum Gasteiger partial charge on any atom is -0.328 e. The van der Waals surface area contributed by atoms with Gasteiger partial charge >= 0.3 is 7.60 Å². The van der Waals surface area contributed by atoms with Gasteiger partial charge in [-0.25, -0.2) is 0 Å². The smallest absolute Gasteiger partial charge is 0.328 e. The van der Waals surface area contributed by atoms with Crippen molar-refractivity contribution in [1.29, 1.82) is 0 Å². The number of hydrogen-bond acceptors (Lipinski definition) is 4. The maximum Gasteiger partial charge on any atom is 0.347 e. The second-order valence-electron chi connectivity index (χ2n) is 4.65. The van der Waals surface area contributed by atoms with E-state index in [0.717, 1.165) is 11.8 Å². The van der Waals surface area contributed by atoms with Gasteiger partial charge in [0.2, 0.25) is 5.91 Å². The standard InChI is InChI=1S/C11H20NO5PS/c1-3-9(7-19-8(2)13)11(14)12-6-4-5-10(12)18(15,16)17/h9-10H,3-7H2,1-2H3,(H2,15,16,17). The highest BCUT2D eigenvalue weighted by Crippen LogP contribution is 2.48. The summed E-state index contributed by atoms with van der Waals surface area (Å²) >= 11 is 1.08. The SMILES string of the molecule is CCC(CSC(C)=O)C(=O)N1CCCC1P(=O)(O)O. The molecule has 0 aromatic heterocycles. The topological polar surface area (TPSA) is 94.9 Å². The van der Waals surface area contributed by atoms with Gasteiger partial charge in [0.1, 0.15) is 5.78 Å². The molecule has 0 saturated carbocycles. The Balaban J connectivity index is 2.73. The molecule has 0 aromatic rings. The molecule has 19 heavy (non-hydrogen) atoms. The molecule has 1 aliphatic rings. The number of carbonyl (C=O) groups excluding carboxylic acids is 2. The summed E-state index contributed by atoms with van der Waals surface area (Å²) in [7, 11) is -4.28. The molecule has 1 saturated heterocycles. The van der Waals surface area contributed by atoms with Gasteiger partial charge in [0.25, 0.3) is 0 Å². The molecule has 8 heteroatoms. The van der Waals surface area contributed by atoms with Gasteiger partial charge < -0.3 is 14.7 Å². The van der Waals surface area contributed by atoms with Crippen LogP contribution in [-0.4, -0.2) is 43.8 Å². The van der Waals surface area contributed by atoms with E-state index in [0.29, 0.717) is 31.6 Å². The van der Waals surface area contributed by atoms with Gasteiger partial charge in [0, 0.05) is 25.1 Å². The van der Waals surface area contributed by atoms with E-state index in [1.54, 1.807) is 0 Å². The summed E-state index contributed by atoms with van der Waals surface area (Å²) < 4.78 is 11.4. The fraction of sp³-hybridized carbons (Fsp3) is 0.818. The molecule has 1 fully saturated rings. The maximum atomic E-state index is 12.3. The van der Waals surface area contributed by atoms with Crippen molar-refractivity contribution in [3.8, 4) is 0 Å². The van der Waals surface area contributed by atoms with Crippen molar-refractivity contribution in [3.63, 3.8) is 0 Å². The fourth-order valence-electron chi connectivity index (χ4n) is 2.17. The van der Waals surface area contributed by atoms with E-state index in [-0.39, 0.29) is 16.9 Å². The summed E-state index contributed by atoms with van der Waals surface area (Å²) in [6, 6.07) is 0. The summed E-state index contributed by atoms with van der Waals surface area (Å²) in [4.78, 5) is 43.1. The highest BCUT2D eigenvalue weighted by molar-refractivity contribution is 8.13. The lowest BCUT2D eigenvalue weighted by atomic mass is 10.1. The zero-order chi connectivity index (χ0) is 14.6. The largest absolute Gasteiger partial charge is 0.347 e. The van der Waals surface area contributed by atoms with Crippen LogP contribution >= 0.6 is 19.4 Å². The van der Waals surface area contributed by atoms with E-state index in [9.17, 15) is 23.9 Å². The zero-order valence-electron chi connectivity index (χ0n) is 11.1. The second-order valence-corrected chi connectivity index (χ2v) is 7.62. The van der Waals surface area contributed by atoms with Crippen LogP contribution in [0.1, 0.15) is 33.1 Å². The predicted octanol–water partition coefficient (Wildman–Crippen LogP) is 1.42. The lowest BCUT2D eigenvalue weighted by Crippen LogP contribution is -2.40. The molecule has 0 bridgehead atoms. The highest BCUT2D eigenvalue weighted by atomic mass is 32.2. The van der Waals surface area contributed by atoms with E-state index in [1.807, 2.05) is 6.92 Å². The Morgan fingerprint density at radius 1 is 1.47 bits per heavy atom. The van der Waals surface area contributed by atoms with E-state index in [1.165, 1.54) is 11.8 Å². The third-order valence-corrected chi connectivity index (χ3v) is 5.51. The fourth-order valence-corrected chi connectivity index (χ4v) is 4.10. The highest BCUT2D eigenvalue weighted by Gasteiger charge is 2.42. The Labute approximate surface area is 117 Å². The van der Waals surface area contributed by atoms with E-state index in [4.69, 9.17) is 0 Å². The Bertz CT molecular complexity index is 397. The normalized spacial score (nSPS) is 21.5. The van der Waals surface area contributed by atoms with Crippen molar-refractivity contribution in [1.82, 2.24) is 4.90 Å². The van der Waals surface area contributed by atoms with Gasteiger partial charge in [0.15, 0.2) is 5.12 Å². The lowest BCUT2D eigenvalue weighted by molar-refractivity contribution is -0.134. The third kappa shape index (κ3) is 4.60. The molecule has 0 aliphatic carbocycles. The Hall–Kier alpha value is -0.360. The minimum absolute atomic E-state index is 0.0563. The summed E-state index contributed by atoms with van der Waals surface area (Å²) in [5.74, 6) is -1.23. The van der Waals surface area contributed by atoms with E-state index in [2.05, 4.69) is 0 Å². The number of hydrogen-bond donors (Lipinski definition) is 2. The molecule has 1 amide bonds. The van der Waals surface area contributed by atoms with Crippen LogP contribution in [0.2, 0.25) is 0 Å². The number of carbonyl (C=O) groups is 2. The first-order valence-corrected chi connectivity index (χ1v) is 8.93. The van der Waals surface area contributed by atoms with E-state index >= 15 is 0 Å². The summed E-state index contributed by atoms with van der Waals surface area (Å²) in [5, 5.41) is -0.0563. The molecule has 1 heterocycles. The summed E-state index contributed by atoms with van der Waals surface area (Å²) in [6.45, 7) is 3.66. The molecule has 1 rings (SSSR count). The van der Waals surface area contributed by atoms with Crippen LogP contribution in [-0.2, 0) is 14.2 Å². The molecular weight excluding hydrogens is 289 g/mol. The molecule has 0 radical (unpaired) electrons. The number of rotatable bonds is 5. The van der Waals surface area contributed by atoms with Gasteiger partial charge in [0.05, 0.1) is 0 Å². The van der Waals surface area contributed by atoms with Crippen molar-refractivity contribution in [2.45, 2.75) is 38.9 Å². The lowest BCUT2D eigenvalue weighted by Gasteiger charge is -2.28. The minimum atomic E-state index is -4.28. The molecule has 0 spiro atoms. The van der Waals surface area contributed by atoms with Crippen LogP contribution in [0.5, 0.6) is 0 Å². The number of likely N-dealkylation sites (tertiary alicyclic amines) is 1. The molecule has 2 atom stereocenters. The molecule has 6 nitrogen and oxygen atoms in total. The van der Waals surface area contributed by atoms with Gasteiger partial charge in [-0.05, 0) is 19.3 Å². The molecule has 110 valence electrons. The van der Waals surface area contributed by atoms with Crippen LogP contribution in [0, 0.1) is 5.92 Å². The van der Waals surface area contributed by atoms with Crippen molar-refractivity contribution in [2.75, 3.05) is 12.3 Å². The Morgan fingerprint density at radius 2 is 2.11 bits per heavy atom. The Kier molecular flexibility index (Phi) is 6.05. The van der Waals surface area contributed by atoms with Crippen LogP contribution < -0.4 is 0 Å². The van der Waals surface area contributed by atoms with E-state index < -0.39 is 13.4 Å². The summed E-state index contributed by atoms with van der Waals surface area (Å²) in [5.41, 5.74) is 0. The average molecular weight is 309 g/mol. The second kappa shape index (κ2) is 6.88. The van der Waals surface area contributed by atoms with Gasteiger partial charge in [-0.2, -0.15) is 0 Å². The van der Waals surface area contributed by atoms with Crippen molar-refractivity contribution in [3.05, 3.63) is 0 Å². The first kappa shape index (κ1) is 16.7. The van der Waals surface area contributed by atoms with Crippen LogP contribution in [0.15, 0.2) is 0 Å². The predicted molar refractivity (Wildman–Crippen MR) is 73.7 cm³/mol. The van der Waals surface area contributed by atoms with Gasteiger partial charge in [-0.3, -0.25) is 14.2 Å². The molecule has 2 unspecified atom stereocenters. The van der Waals surface area contributed by atoms with Gasteiger partial charge in [-0.15, -0.1) is 0 Å². The summed E-state index contributed by atoms with van der Waals surface area (Å²) in [6.07, 6.45) is 1.51. The number of nitrogens with zero attached hydrogens (tertiary/aromatic N) is 1. The quantitative estimate of drug-likeness (QED) is 0.746. The maximum absolute atomic E-state index is 12.3. The zero-order valence-corrected chi connectivity index (χ0v) is 12.8. The molecule has 0 aromatic carbocycles. The molecule has 1 aliphatic heterocycles.